The summed E-state index contributed by atoms with van der Waals surface area (Å²) < 4.78 is 14.3. The molecule has 0 radical (unpaired) electrons. The molecule has 1 aromatic carbocycles. The molecule has 0 saturated heterocycles. The van der Waals surface area contributed by atoms with Gasteiger partial charge in [-0.15, -0.1) is 12.3 Å². The Kier molecular flexibility index (Phi) is 5.47. The number of hydrazine groups is 1. The fourth-order valence-electron chi connectivity index (χ4n) is 1.52. The molecule has 2 nitrogen and oxygen atoms in total. The molecule has 0 bridgehead atoms. The van der Waals surface area contributed by atoms with E-state index in [4.69, 9.17) is 12.3 Å². The summed E-state index contributed by atoms with van der Waals surface area (Å²) in [5.41, 5.74) is 3.19. The van der Waals surface area contributed by atoms with E-state index in [0.717, 1.165) is 12.8 Å². The molecule has 0 fully saturated rings. The molecule has 0 aliphatic carbocycles. The smallest absolute Gasteiger partial charge is 0.129 e. The van der Waals surface area contributed by atoms with Crippen molar-refractivity contribution in [3.05, 3.63) is 34.1 Å². The third kappa shape index (κ3) is 3.60. The van der Waals surface area contributed by atoms with Crippen molar-refractivity contribution in [3.63, 3.8) is 0 Å². The van der Waals surface area contributed by atoms with Gasteiger partial charge in [0.1, 0.15) is 5.82 Å². The zero-order valence-electron chi connectivity index (χ0n) is 8.84. The molecule has 0 saturated carbocycles. The van der Waals surface area contributed by atoms with Crippen LogP contribution in [0.4, 0.5) is 4.39 Å². The lowest BCUT2D eigenvalue weighted by Gasteiger charge is -2.16. The number of hydrogen-bond acceptors (Lipinski definition) is 2. The lowest BCUT2D eigenvalue weighted by Crippen LogP contribution is -2.28. The monoisotopic (exact) mass is 284 g/mol. The number of benzene rings is 1. The number of terminal acetylenes is 1. The highest BCUT2D eigenvalue weighted by Gasteiger charge is 2.13. The first-order valence-corrected chi connectivity index (χ1v) is 5.83. The lowest BCUT2D eigenvalue weighted by molar-refractivity contribution is 0.475. The molecule has 1 atom stereocenters. The molecular formula is C12H14BrFN2. The Morgan fingerprint density at radius 3 is 2.88 bits per heavy atom. The van der Waals surface area contributed by atoms with E-state index in [1.165, 1.54) is 6.07 Å². The average molecular weight is 285 g/mol. The topological polar surface area (TPSA) is 38.0 Å². The Morgan fingerprint density at radius 1 is 1.56 bits per heavy atom. The van der Waals surface area contributed by atoms with Crippen LogP contribution in [0, 0.1) is 18.2 Å². The van der Waals surface area contributed by atoms with E-state index >= 15 is 0 Å². The van der Waals surface area contributed by atoms with E-state index in [-0.39, 0.29) is 11.9 Å². The van der Waals surface area contributed by atoms with Crippen molar-refractivity contribution in [1.82, 2.24) is 5.43 Å². The maximum Gasteiger partial charge on any atom is 0.129 e. The van der Waals surface area contributed by atoms with Crippen molar-refractivity contribution in [1.29, 1.82) is 0 Å². The van der Waals surface area contributed by atoms with E-state index in [9.17, 15) is 4.39 Å². The summed E-state index contributed by atoms with van der Waals surface area (Å²) in [5, 5.41) is 0. The second-order valence-corrected chi connectivity index (χ2v) is 4.40. The Bertz CT molecular complexity index is 387. The Balaban J connectivity index is 2.75. The number of unbranched alkanes of at least 4 members (excludes halogenated alkanes) is 1. The summed E-state index contributed by atoms with van der Waals surface area (Å²) >= 11 is 3.21. The summed E-state index contributed by atoms with van der Waals surface area (Å²) in [7, 11) is 0. The summed E-state index contributed by atoms with van der Waals surface area (Å²) in [6, 6.07) is 4.76. The summed E-state index contributed by atoms with van der Waals surface area (Å²) in [5.74, 6) is 7.70. The molecule has 86 valence electrons. The number of halogens is 2. The fourth-order valence-corrected chi connectivity index (χ4v) is 1.85. The Hall–Kier alpha value is -0.890. The average Bonchev–Trinajstić information content (AvgIpc) is 2.26. The third-order valence-electron chi connectivity index (χ3n) is 2.35. The number of nitrogens with two attached hydrogens (primary N) is 1. The summed E-state index contributed by atoms with van der Waals surface area (Å²) in [6.07, 6.45) is 7.38. The van der Waals surface area contributed by atoms with Gasteiger partial charge >= 0.3 is 0 Å². The normalized spacial score (nSPS) is 12.1. The zero-order chi connectivity index (χ0) is 12.0. The molecule has 0 heterocycles. The summed E-state index contributed by atoms with van der Waals surface area (Å²) in [4.78, 5) is 0. The Morgan fingerprint density at radius 2 is 2.31 bits per heavy atom. The van der Waals surface area contributed by atoms with Crippen LogP contribution in [0.3, 0.4) is 0 Å². The SMILES string of the molecule is C#CCCCC(NN)c1ccc(Br)cc1F. The van der Waals surface area contributed by atoms with Gasteiger partial charge in [-0.2, -0.15) is 0 Å². The molecule has 0 spiro atoms. The molecule has 1 unspecified atom stereocenters. The maximum atomic E-state index is 13.6. The van der Waals surface area contributed by atoms with E-state index in [1.807, 2.05) is 0 Å². The van der Waals surface area contributed by atoms with Crippen LogP contribution in [0.15, 0.2) is 22.7 Å². The maximum absolute atomic E-state index is 13.6. The van der Waals surface area contributed by atoms with Crippen LogP contribution in [0.25, 0.3) is 0 Å². The van der Waals surface area contributed by atoms with E-state index in [1.54, 1.807) is 12.1 Å². The van der Waals surface area contributed by atoms with Crippen LogP contribution in [0.1, 0.15) is 30.9 Å². The highest BCUT2D eigenvalue weighted by molar-refractivity contribution is 9.10. The summed E-state index contributed by atoms with van der Waals surface area (Å²) in [6.45, 7) is 0. The highest BCUT2D eigenvalue weighted by atomic mass is 79.9. The van der Waals surface area contributed by atoms with Crippen LogP contribution in [0.5, 0.6) is 0 Å². The minimum atomic E-state index is -0.266. The number of rotatable bonds is 5. The van der Waals surface area contributed by atoms with Gasteiger partial charge in [-0.3, -0.25) is 11.3 Å². The van der Waals surface area contributed by atoms with Gasteiger partial charge in [0.15, 0.2) is 0 Å². The second-order valence-electron chi connectivity index (χ2n) is 3.48. The van der Waals surface area contributed by atoms with Crippen LogP contribution in [-0.2, 0) is 0 Å². The number of hydrogen-bond donors (Lipinski definition) is 2. The molecule has 3 N–H and O–H groups in total. The molecule has 0 amide bonds. The van der Waals surface area contributed by atoms with Crippen molar-refractivity contribution in [2.45, 2.75) is 25.3 Å². The van der Waals surface area contributed by atoms with Crippen LogP contribution in [0.2, 0.25) is 0 Å². The zero-order valence-corrected chi connectivity index (χ0v) is 10.4. The predicted molar refractivity (Wildman–Crippen MR) is 66.8 cm³/mol. The first-order chi connectivity index (χ1) is 7.69. The highest BCUT2D eigenvalue weighted by Crippen LogP contribution is 2.24. The lowest BCUT2D eigenvalue weighted by atomic mass is 10.0. The van der Waals surface area contributed by atoms with E-state index < -0.39 is 0 Å². The molecule has 1 rings (SSSR count). The third-order valence-corrected chi connectivity index (χ3v) is 2.85. The van der Waals surface area contributed by atoms with Gasteiger partial charge in [-0.25, -0.2) is 4.39 Å². The Labute approximate surface area is 104 Å². The first-order valence-electron chi connectivity index (χ1n) is 5.03. The van der Waals surface area contributed by atoms with Gasteiger partial charge in [0.25, 0.3) is 0 Å². The van der Waals surface area contributed by atoms with E-state index in [0.29, 0.717) is 16.5 Å². The molecular weight excluding hydrogens is 271 g/mol. The van der Waals surface area contributed by atoms with Gasteiger partial charge in [0.2, 0.25) is 0 Å². The van der Waals surface area contributed by atoms with Gasteiger partial charge in [0, 0.05) is 22.5 Å². The molecule has 1 aromatic rings. The molecule has 4 heteroatoms. The fraction of sp³-hybridized carbons (Fsp3) is 0.333. The molecule has 16 heavy (non-hydrogen) atoms. The van der Waals surface area contributed by atoms with Gasteiger partial charge in [0.05, 0.1) is 0 Å². The second kappa shape index (κ2) is 6.64. The van der Waals surface area contributed by atoms with Gasteiger partial charge in [-0.1, -0.05) is 22.0 Å². The van der Waals surface area contributed by atoms with Gasteiger partial charge < -0.3 is 0 Å². The molecule has 0 aliphatic rings. The molecule has 0 aromatic heterocycles. The number of nitrogens with one attached hydrogen (secondary N) is 1. The van der Waals surface area contributed by atoms with Crippen molar-refractivity contribution < 1.29 is 4.39 Å². The van der Waals surface area contributed by atoms with Crippen molar-refractivity contribution in [2.75, 3.05) is 0 Å². The van der Waals surface area contributed by atoms with E-state index in [2.05, 4.69) is 27.3 Å². The largest absolute Gasteiger partial charge is 0.271 e. The van der Waals surface area contributed by atoms with Crippen LogP contribution >= 0.6 is 15.9 Å². The van der Waals surface area contributed by atoms with Crippen molar-refractivity contribution in [3.8, 4) is 12.3 Å². The minimum Gasteiger partial charge on any atom is -0.271 e. The standard InChI is InChI=1S/C12H14BrFN2/c1-2-3-4-5-12(16-15)10-7-6-9(13)8-11(10)14/h1,6-8,12,16H,3-5,15H2. The predicted octanol–water partition coefficient (Wildman–Crippen LogP) is 2.90. The van der Waals surface area contributed by atoms with Crippen molar-refractivity contribution in [2.24, 2.45) is 5.84 Å². The first kappa shape index (κ1) is 13.2. The van der Waals surface area contributed by atoms with Crippen LogP contribution in [-0.4, -0.2) is 0 Å². The van der Waals surface area contributed by atoms with Crippen LogP contribution < -0.4 is 11.3 Å². The minimum absolute atomic E-state index is 0.193. The molecule has 0 aliphatic heterocycles. The van der Waals surface area contributed by atoms with Gasteiger partial charge in [-0.05, 0) is 25.0 Å². The van der Waals surface area contributed by atoms with Crippen molar-refractivity contribution >= 4 is 15.9 Å². The quantitative estimate of drug-likeness (QED) is 0.378.